The second-order valence-corrected chi connectivity index (χ2v) is 3.82. The predicted octanol–water partition coefficient (Wildman–Crippen LogP) is 1.56. The Kier molecular flexibility index (Phi) is 4.36. The van der Waals surface area contributed by atoms with Crippen molar-refractivity contribution in [3.63, 3.8) is 0 Å². The van der Waals surface area contributed by atoms with Crippen LogP contribution in [0.4, 0.5) is 0 Å². The van der Waals surface area contributed by atoms with Gasteiger partial charge in [0.15, 0.2) is 0 Å². The zero-order valence-electron chi connectivity index (χ0n) is 8.99. The van der Waals surface area contributed by atoms with Gasteiger partial charge in [-0.25, -0.2) is 0 Å². The van der Waals surface area contributed by atoms with E-state index in [2.05, 4.69) is 5.92 Å². The lowest BCUT2D eigenvalue weighted by molar-refractivity contribution is -0.153. The van der Waals surface area contributed by atoms with Gasteiger partial charge in [-0.3, -0.25) is 9.59 Å². The summed E-state index contributed by atoms with van der Waals surface area (Å²) < 4.78 is 4.87. The quantitative estimate of drug-likeness (QED) is 0.401. The summed E-state index contributed by atoms with van der Waals surface area (Å²) in [6.45, 7) is 2.06. The number of hydrogen-bond acceptors (Lipinski definition) is 3. The number of carbonyl (C=O) groups is 2. The minimum atomic E-state index is -0.572. The fourth-order valence-electron chi connectivity index (χ4n) is 1.93. The molecule has 0 heterocycles. The third kappa shape index (κ3) is 3.09. The van der Waals surface area contributed by atoms with Crippen LogP contribution in [0, 0.1) is 24.2 Å². The van der Waals surface area contributed by atoms with Gasteiger partial charge < -0.3 is 4.74 Å². The van der Waals surface area contributed by atoms with E-state index in [1.165, 1.54) is 0 Å². The molecule has 0 spiro atoms. The Morgan fingerprint density at radius 2 is 2.40 bits per heavy atom. The molecule has 1 rings (SSSR count). The first-order valence-electron chi connectivity index (χ1n) is 5.31. The Labute approximate surface area is 90.2 Å². The number of rotatable bonds is 3. The zero-order valence-corrected chi connectivity index (χ0v) is 8.99. The highest BCUT2D eigenvalue weighted by Gasteiger charge is 2.34. The molecule has 0 saturated heterocycles. The Morgan fingerprint density at radius 3 is 3.00 bits per heavy atom. The van der Waals surface area contributed by atoms with Gasteiger partial charge >= 0.3 is 5.97 Å². The third-order valence-electron chi connectivity index (χ3n) is 2.73. The second kappa shape index (κ2) is 5.55. The van der Waals surface area contributed by atoms with Crippen molar-refractivity contribution in [2.75, 3.05) is 6.61 Å². The minimum absolute atomic E-state index is 0.00159. The summed E-state index contributed by atoms with van der Waals surface area (Å²) in [5.41, 5.74) is 0. The van der Waals surface area contributed by atoms with Crippen LogP contribution in [-0.4, -0.2) is 18.4 Å². The second-order valence-electron chi connectivity index (χ2n) is 3.82. The van der Waals surface area contributed by atoms with Gasteiger partial charge in [0.2, 0.25) is 0 Å². The van der Waals surface area contributed by atoms with E-state index >= 15 is 0 Å². The van der Waals surface area contributed by atoms with Crippen molar-refractivity contribution in [1.29, 1.82) is 0 Å². The molecule has 0 aromatic carbocycles. The van der Waals surface area contributed by atoms with E-state index in [0.717, 1.165) is 6.42 Å². The lowest BCUT2D eigenvalue weighted by Crippen LogP contribution is -2.32. The summed E-state index contributed by atoms with van der Waals surface area (Å²) in [6, 6.07) is 0. The number of terminal acetylenes is 1. The van der Waals surface area contributed by atoms with Crippen molar-refractivity contribution in [3.8, 4) is 12.3 Å². The first-order valence-corrected chi connectivity index (χ1v) is 5.31. The summed E-state index contributed by atoms with van der Waals surface area (Å²) >= 11 is 0. The van der Waals surface area contributed by atoms with E-state index in [1.807, 2.05) is 0 Å². The van der Waals surface area contributed by atoms with Crippen molar-refractivity contribution >= 4 is 11.8 Å². The average Bonchev–Trinajstić information content (AvgIpc) is 2.21. The first-order chi connectivity index (χ1) is 7.19. The maximum atomic E-state index is 11.5. The molecule has 2 atom stereocenters. The van der Waals surface area contributed by atoms with Crippen LogP contribution in [0.1, 0.15) is 32.6 Å². The van der Waals surface area contributed by atoms with Gasteiger partial charge in [0.1, 0.15) is 11.7 Å². The Balaban J connectivity index is 2.57. The standard InChI is InChI=1S/C12H16O3/c1-3-5-9-6-7-11(13)10(8-9)12(14)15-4-2/h1,9-10H,4-8H2,2H3. The number of Topliss-reactive ketones (excluding diaryl/α,β-unsaturated/α-hetero) is 1. The highest BCUT2D eigenvalue weighted by molar-refractivity contribution is 5.99. The van der Waals surface area contributed by atoms with Gasteiger partial charge in [0.05, 0.1) is 6.61 Å². The topological polar surface area (TPSA) is 43.4 Å². The zero-order chi connectivity index (χ0) is 11.3. The lowest BCUT2D eigenvalue weighted by Gasteiger charge is -2.25. The first kappa shape index (κ1) is 11.8. The number of ketones is 1. The fraction of sp³-hybridized carbons (Fsp3) is 0.667. The fourth-order valence-corrected chi connectivity index (χ4v) is 1.93. The van der Waals surface area contributed by atoms with Gasteiger partial charge in [0, 0.05) is 12.8 Å². The van der Waals surface area contributed by atoms with Gasteiger partial charge in [-0.1, -0.05) is 0 Å². The molecule has 0 aromatic heterocycles. The minimum Gasteiger partial charge on any atom is -0.465 e. The highest BCUT2D eigenvalue weighted by atomic mass is 16.5. The number of esters is 1. The molecule has 0 bridgehead atoms. The molecule has 15 heavy (non-hydrogen) atoms. The van der Waals surface area contributed by atoms with Crippen LogP contribution in [0.3, 0.4) is 0 Å². The molecule has 3 nitrogen and oxygen atoms in total. The molecule has 0 aliphatic heterocycles. The van der Waals surface area contributed by atoms with E-state index in [9.17, 15) is 9.59 Å². The third-order valence-corrected chi connectivity index (χ3v) is 2.73. The molecule has 1 aliphatic carbocycles. The van der Waals surface area contributed by atoms with E-state index in [-0.39, 0.29) is 11.8 Å². The van der Waals surface area contributed by atoms with Crippen LogP contribution >= 0.6 is 0 Å². The average molecular weight is 208 g/mol. The van der Waals surface area contributed by atoms with E-state index in [4.69, 9.17) is 11.2 Å². The highest BCUT2D eigenvalue weighted by Crippen LogP contribution is 2.29. The molecule has 0 aromatic rings. The van der Waals surface area contributed by atoms with E-state index < -0.39 is 5.92 Å². The van der Waals surface area contributed by atoms with E-state index in [1.54, 1.807) is 6.92 Å². The normalized spacial score (nSPS) is 25.7. The van der Waals surface area contributed by atoms with Crippen molar-refractivity contribution in [1.82, 2.24) is 0 Å². The van der Waals surface area contributed by atoms with Crippen molar-refractivity contribution in [2.24, 2.45) is 11.8 Å². The van der Waals surface area contributed by atoms with E-state index in [0.29, 0.717) is 31.8 Å². The van der Waals surface area contributed by atoms with Gasteiger partial charge in [-0.2, -0.15) is 0 Å². The van der Waals surface area contributed by atoms with Crippen LogP contribution in [-0.2, 0) is 14.3 Å². The summed E-state index contributed by atoms with van der Waals surface area (Å²) in [5, 5.41) is 0. The van der Waals surface area contributed by atoms with Gasteiger partial charge in [0.25, 0.3) is 0 Å². The molecule has 0 N–H and O–H groups in total. The molecule has 3 heteroatoms. The Bertz CT molecular complexity index is 288. The lowest BCUT2D eigenvalue weighted by atomic mass is 9.79. The Hall–Kier alpha value is -1.30. The molecule has 2 unspecified atom stereocenters. The smallest absolute Gasteiger partial charge is 0.316 e. The number of carbonyl (C=O) groups excluding carboxylic acids is 2. The molecule has 0 amide bonds. The van der Waals surface area contributed by atoms with Crippen molar-refractivity contribution < 1.29 is 14.3 Å². The van der Waals surface area contributed by atoms with Crippen LogP contribution in [0.2, 0.25) is 0 Å². The van der Waals surface area contributed by atoms with Gasteiger partial charge in [-0.05, 0) is 25.7 Å². The Morgan fingerprint density at radius 1 is 1.67 bits per heavy atom. The molecule has 1 saturated carbocycles. The SMILES string of the molecule is C#CCC1CCC(=O)C(C(=O)OCC)C1. The summed E-state index contributed by atoms with van der Waals surface area (Å²) in [5.74, 6) is 1.92. The van der Waals surface area contributed by atoms with Crippen molar-refractivity contribution in [2.45, 2.75) is 32.6 Å². The predicted molar refractivity (Wildman–Crippen MR) is 55.9 cm³/mol. The summed E-state index contributed by atoms with van der Waals surface area (Å²) in [6.07, 6.45) is 7.68. The molecule has 0 radical (unpaired) electrons. The maximum absolute atomic E-state index is 11.5. The number of ether oxygens (including phenoxy) is 1. The van der Waals surface area contributed by atoms with Crippen LogP contribution < -0.4 is 0 Å². The molecule has 82 valence electrons. The van der Waals surface area contributed by atoms with Crippen LogP contribution in [0.15, 0.2) is 0 Å². The number of hydrogen-bond donors (Lipinski definition) is 0. The van der Waals surface area contributed by atoms with Crippen LogP contribution in [0.25, 0.3) is 0 Å². The summed E-state index contributed by atoms with van der Waals surface area (Å²) in [7, 11) is 0. The van der Waals surface area contributed by atoms with Gasteiger partial charge in [-0.15, -0.1) is 12.3 Å². The molecular weight excluding hydrogens is 192 g/mol. The monoisotopic (exact) mass is 208 g/mol. The summed E-state index contributed by atoms with van der Waals surface area (Å²) in [4.78, 5) is 23.0. The maximum Gasteiger partial charge on any atom is 0.316 e. The molecule has 1 fully saturated rings. The molecule has 1 aliphatic rings. The largest absolute Gasteiger partial charge is 0.465 e. The van der Waals surface area contributed by atoms with Crippen LogP contribution in [0.5, 0.6) is 0 Å². The van der Waals surface area contributed by atoms with Crippen molar-refractivity contribution in [3.05, 3.63) is 0 Å². The molecular formula is C12H16O3.